The number of rotatable bonds is 0. The molecule has 0 aliphatic heterocycles. The largest absolute Gasteiger partial charge is 0.291 e. The summed E-state index contributed by atoms with van der Waals surface area (Å²) in [6.07, 6.45) is 1.81. The topological polar surface area (TPSA) is 34.1 Å². The summed E-state index contributed by atoms with van der Waals surface area (Å²) >= 11 is 0. The van der Waals surface area contributed by atoms with Crippen LogP contribution in [0.5, 0.6) is 0 Å². The summed E-state index contributed by atoms with van der Waals surface area (Å²) in [5, 5.41) is 0. The minimum Gasteiger partial charge on any atom is -0.291 e. The first-order valence-electron chi connectivity index (χ1n) is 4.50. The molecule has 0 aromatic rings. The van der Waals surface area contributed by atoms with Crippen LogP contribution in [0, 0.1) is 16.7 Å². The summed E-state index contributed by atoms with van der Waals surface area (Å²) in [7, 11) is 0. The Balaban J connectivity index is 0.000000845. The van der Waals surface area contributed by atoms with Gasteiger partial charge in [0.1, 0.15) is 0 Å². The van der Waals surface area contributed by atoms with Crippen molar-refractivity contribution in [1.82, 2.24) is 0 Å². The van der Waals surface area contributed by atoms with Crippen molar-refractivity contribution in [3.05, 3.63) is 0 Å². The van der Waals surface area contributed by atoms with Crippen molar-refractivity contribution in [3.8, 4) is 0 Å². The smallest absolute Gasteiger partial charge is 0.205 e. The van der Waals surface area contributed by atoms with Crippen LogP contribution in [0.4, 0.5) is 0 Å². The summed E-state index contributed by atoms with van der Waals surface area (Å²) in [6.45, 7) is 6.04. The van der Waals surface area contributed by atoms with Crippen LogP contribution in [0.2, 0.25) is 0 Å². The Hall–Kier alpha value is 0.0700. The van der Waals surface area contributed by atoms with Gasteiger partial charge in [0, 0.05) is 11.3 Å². The molecule has 2 unspecified atom stereocenters. The third-order valence-corrected chi connectivity index (χ3v) is 4.27. The second-order valence-corrected chi connectivity index (χ2v) is 4.84. The molecule has 0 aromatic carbocycles. The van der Waals surface area contributed by atoms with Crippen LogP contribution < -0.4 is 0 Å². The maximum atomic E-state index is 11.6. The van der Waals surface area contributed by atoms with E-state index in [2.05, 4.69) is 0 Å². The molecule has 2 fully saturated rings. The molecule has 2 bridgehead atoms. The highest BCUT2D eigenvalue weighted by atomic mass is 127. The highest BCUT2D eigenvalue weighted by molar-refractivity contribution is 14.0. The van der Waals surface area contributed by atoms with Gasteiger partial charge in [0.15, 0.2) is 0 Å². The van der Waals surface area contributed by atoms with Gasteiger partial charge in [-0.2, -0.15) is 0 Å². The maximum Gasteiger partial charge on any atom is 0.205 e. The first-order chi connectivity index (χ1) is 5.41. The van der Waals surface area contributed by atoms with Gasteiger partial charge in [-0.05, 0) is 18.3 Å². The van der Waals surface area contributed by atoms with Gasteiger partial charge in [-0.3, -0.25) is 9.59 Å². The van der Waals surface area contributed by atoms with Crippen LogP contribution >= 0.6 is 24.0 Å². The third-order valence-electron chi connectivity index (χ3n) is 4.27. The first kappa shape index (κ1) is 11.1. The van der Waals surface area contributed by atoms with E-state index in [4.69, 9.17) is 0 Å². The van der Waals surface area contributed by atoms with Crippen LogP contribution in [-0.4, -0.2) is 11.6 Å². The molecular formula is C10H15IO2. The molecule has 0 amide bonds. The van der Waals surface area contributed by atoms with Crippen LogP contribution in [0.1, 0.15) is 33.6 Å². The van der Waals surface area contributed by atoms with E-state index in [9.17, 15) is 9.59 Å². The quantitative estimate of drug-likeness (QED) is 0.507. The van der Waals surface area contributed by atoms with Crippen molar-refractivity contribution < 1.29 is 9.59 Å². The van der Waals surface area contributed by atoms with E-state index in [0.29, 0.717) is 0 Å². The van der Waals surface area contributed by atoms with E-state index in [1.54, 1.807) is 0 Å². The minimum absolute atomic E-state index is 0. The Morgan fingerprint density at radius 3 is 2.00 bits per heavy atom. The van der Waals surface area contributed by atoms with Gasteiger partial charge in [0.2, 0.25) is 11.6 Å². The van der Waals surface area contributed by atoms with Crippen molar-refractivity contribution >= 4 is 35.5 Å². The van der Waals surface area contributed by atoms with Gasteiger partial charge in [0.25, 0.3) is 0 Å². The van der Waals surface area contributed by atoms with Gasteiger partial charge in [-0.1, -0.05) is 20.8 Å². The van der Waals surface area contributed by atoms with Gasteiger partial charge < -0.3 is 0 Å². The molecule has 2 nitrogen and oxygen atoms in total. The van der Waals surface area contributed by atoms with Gasteiger partial charge in [0.05, 0.1) is 0 Å². The fourth-order valence-corrected chi connectivity index (χ4v) is 2.80. The molecule has 2 atom stereocenters. The fraction of sp³-hybridized carbons (Fsp3) is 0.800. The van der Waals surface area contributed by atoms with Crippen molar-refractivity contribution in [2.75, 3.05) is 0 Å². The summed E-state index contributed by atoms with van der Waals surface area (Å²) < 4.78 is 0. The number of carbonyl (C=O) groups is 2. The molecule has 2 rings (SSSR count). The molecule has 74 valence electrons. The lowest BCUT2D eigenvalue weighted by molar-refractivity contribution is -0.141. The Morgan fingerprint density at radius 2 is 1.77 bits per heavy atom. The molecule has 0 spiro atoms. The van der Waals surface area contributed by atoms with Crippen molar-refractivity contribution in [1.29, 1.82) is 0 Å². The van der Waals surface area contributed by atoms with Crippen LogP contribution in [-0.2, 0) is 9.59 Å². The minimum atomic E-state index is -0.352. The van der Waals surface area contributed by atoms with Crippen LogP contribution in [0.25, 0.3) is 0 Å². The number of fused-ring (bicyclic) bond motifs is 2. The van der Waals surface area contributed by atoms with Gasteiger partial charge in [-0.15, -0.1) is 24.0 Å². The van der Waals surface area contributed by atoms with E-state index >= 15 is 0 Å². The lowest BCUT2D eigenvalue weighted by atomic mass is 9.70. The van der Waals surface area contributed by atoms with E-state index < -0.39 is 0 Å². The third kappa shape index (κ3) is 0.995. The SMILES string of the molecule is CC12CCC(C(=O)C1=O)C2(C)C.I. The molecule has 2 aliphatic carbocycles. The van der Waals surface area contributed by atoms with Crippen LogP contribution in [0.15, 0.2) is 0 Å². The second kappa shape index (κ2) is 2.78. The number of carbonyl (C=O) groups excluding carboxylic acids is 2. The van der Waals surface area contributed by atoms with Crippen LogP contribution in [0.3, 0.4) is 0 Å². The second-order valence-electron chi connectivity index (χ2n) is 4.84. The van der Waals surface area contributed by atoms with Crippen molar-refractivity contribution in [2.45, 2.75) is 33.6 Å². The predicted octanol–water partition coefficient (Wildman–Crippen LogP) is 2.20. The Morgan fingerprint density at radius 1 is 1.23 bits per heavy atom. The normalized spacial score (nSPS) is 40.7. The number of ketones is 2. The Labute approximate surface area is 95.5 Å². The molecule has 3 heteroatoms. The molecular weight excluding hydrogens is 279 g/mol. The number of halogens is 1. The summed E-state index contributed by atoms with van der Waals surface area (Å²) in [6, 6.07) is 0. The predicted molar refractivity (Wildman–Crippen MR) is 60.0 cm³/mol. The zero-order valence-electron chi connectivity index (χ0n) is 8.22. The lowest BCUT2D eigenvalue weighted by Crippen LogP contribution is -2.33. The average molecular weight is 294 g/mol. The molecule has 0 heterocycles. The zero-order chi connectivity index (χ0) is 9.15. The lowest BCUT2D eigenvalue weighted by Gasteiger charge is -2.31. The van der Waals surface area contributed by atoms with E-state index in [1.807, 2.05) is 20.8 Å². The highest BCUT2D eigenvalue weighted by Crippen LogP contribution is 2.61. The molecule has 0 aromatic heterocycles. The van der Waals surface area contributed by atoms with E-state index in [1.165, 1.54) is 0 Å². The highest BCUT2D eigenvalue weighted by Gasteiger charge is 2.66. The van der Waals surface area contributed by atoms with Crippen molar-refractivity contribution in [2.24, 2.45) is 16.7 Å². The number of Topliss-reactive ketones (excluding diaryl/α,β-unsaturated/α-hetero) is 2. The van der Waals surface area contributed by atoms with Crippen molar-refractivity contribution in [3.63, 3.8) is 0 Å². The maximum absolute atomic E-state index is 11.6. The molecule has 0 radical (unpaired) electrons. The molecule has 2 aliphatic rings. The Bertz CT molecular complexity index is 283. The van der Waals surface area contributed by atoms with Gasteiger partial charge in [-0.25, -0.2) is 0 Å². The monoisotopic (exact) mass is 294 g/mol. The Kier molecular flexibility index (Phi) is 2.38. The standard InChI is InChI=1S/C10H14O2.HI/c1-9(2)6-4-5-10(9,3)8(12)7(6)11;/h6H,4-5H2,1-3H3;1H. The molecule has 13 heavy (non-hydrogen) atoms. The molecule has 2 saturated carbocycles. The number of hydrogen-bond donors (Lipinski definition) is 0. The summed E-state index contributed by atoms with van der Waals surface area (Å²) in [5.41, 5.74) is -0.448. The molecule has 0 saturated heterocycles. The van der Waals surface area contributed by atoms with E-state index in [-0.39, 0.29) is 52.3 Å². The van der Waals surface area contributed by atoms with Gasteiger partial charge >= 0.3 is 0 Å². The number of hydrogen-bond acceptors (Lipinski definition) is 2. The molecule has 0 N–H and O–H groups in total. The fourth-order valence-electron chi connectivity index (χ4n) is 2.80. The zero-order valence-corrected chi connectivity index (χ0v) is 10.5. The average Bonchev–Trinajstić information content (AvgIpc) is 2.26. The first-order valence-corrected chi connectivity index (χ1v) is 4.50. The summed E-state index contributed by atoms with van der Waals surface area (Å²) in [5.74, 6) is -0.229. The van der Waals surface area contributed by atoms with E-state index in [0.717, 1.165) is 12.8 Å². The summed E-state index contributed by atoms with van der Waals surface area (Å²) in [4.78, 5) is 23.0.